The number of carbonyl (C=O) groups is 1. The summed E-state index contributed by atoms with van der Waals surface area (Å²) in [6.45, 7) is 5.58. The Balaban J connectivity index is 1.60. The highest BCUT2D eigenvalue weighted by atomic mass is 16.6. The number of H-pyrrole nitrogens is 1. The van der Waals surface area contributed by atoms with Crippen LogP contribution in [-0.2, 0) is 4.74 Å². The fourth-order valence-electron chi connectivity index (χ4n) is 3.17. The summed E-state index contributed by atoms with van der Waals surface area (Å²) in [6, 6.07) is 9.94. The van der Waals surface area contributed by atoms with Crippen LogP contribution in [0.2, 0.25) is 0 Å². The van der Waals surface area contributed by atoms with E-state index in [-0.39, 0.29) is 6.04 Å². The van der Waals surface area contributed by atoms with Crippen LogP contribution in [0.4, 0.5) is 4.79 Å². The van der Waals surface area contributed by atoms with E-state index < -0.39 is 11.7 Å². The molecule has 2 N–H and O–H groups in total. The molecule has 0 aliphatic heterocycles. The summed E-state index contributed by atoms with van der Waals surface area (Å²) < 4.78 is 5.42. The first-order valence-electron chi connectivity index (χ1n) is 9.29. The maximum atomic E-state index is 12.2. The van der Waals surface area contributed by atoms with Crippen LogP contribution >= 0.6 is 0 Å². The van der Waals surface area contributed by atoms with Gasteiger partial charge in [0.15, 0.2) is 0 Å². The molecule has 1 aromatic carbocycles. The molecule has 2 aromatic heterocycles. The lowest BCUT2D eigenvalue weighted by molar-refractivity contribution is 0.0494. The lowest BCUT2D eigenvalue weighted by Crippen LogP contribution is -2.36. The number of nitrogens with one attached hydrogen (secondary N) is 2. The summed E-state index contributed by atoms with van der Waals surface area (Å²) >= 11 is 0. The zero-order valence-corrected chi connectivity index (χ0v) is 15.8. The molecule has 27 heavy (non-hydrogen) atoms. The summed E-state index contributed by atoms with van der Waals surface area (Å²) in [5.41, 5.74) is 3.53. The summed E-state index contributed by atoms with van der Waals surface area (Å²) in [6.07, 6.45) is 5.33. The molecule has 2 heterocycles. The number of aromatic amines is 1. The van der Waals surface area contributed by atoms with E-state index in [9.17, 15) is 4.79 Å². The summed E-state index contributed by atoms with van der Waals surface area (Å²) in [7, 11) is 0. The van der Waals surface area contributed by atoms with Gasteiger partial charge in [0, 0.05) is 12.4 Å². The van der Waals surface area contributed by atoms with Gasteiger partial charge in [0.2, 0.25) is 0 Å². The first-order valence-corrected chi connectivity index (χ1v) is 9.29. The third kappa shape index (κ3) is 4.10. The fraction of sp³-hybridized carbons (Fsp3) is 0.381. The second kappa shape index (κ2) is 6.68. The predicted molar refractivity (Wildman–Crippen MR) is 104 cm³/mol. The average Bonchev–Trinajstić information content (AvgIpc) is 3.37. The number of carbonyl (C=O) groups excluding carboxylic acids is 1. The smallest absolute Gasteiger partial charge is 0.408 e. The molecule has 1 saturated carbocycles. The Morgan fingerprint density at radius 2 is 1.93 bits per heavy atom. The van der Waals surface area contributed by atoms with Crippen molar-refractivity contribution in [3.05, 3.63) is 48.5 Å². The van der Waals surface area contributed by atoms with Gasteiger partial charge in [-0.15, -0.1) is 0 Å². The highest BCUT2D eigenvalue weighted by Crippen LogP contribution is 2.40. The number of ether oxygens (including phenoxy) is 1. The van der Waals surface area contributed by atoms with Crippen molar-refractivity contribution < 1.29 is 9.53 Å². The molecule has 1 aliphatic carbocycles. The van der Waals surface area contributed by atoms with E-state index in [2.05, 4.69) is 27.4 Å². The van der Waals surface area contributed by atoms with Crippen LogP contribution in [-0.4, -0.2) is 26.6 Å². The second-order valence-corrected chi connectivity index (χ2v) is 8.05. The number of rotatable bonds is 4. The molecule has 0 radical (unpaired) electrons. The SMILES string of the molecule is CC(C)(C)OC(=O)NC(c1nc2ccc(-c3ccncc3)cc2[nH]1)C1CC1. The van der Waals surface area contributed by atoms with Gasteiger partial charge in [-0.1, -0.05) is 6.07 Å². The van der Waals surface area contributed by atoms with E-state index in [1.165, 1.54) is 0 Å². The molecular formula is C21H24N4O2. The molecule has 3 aromatic rings. The van der Waals surface area contributed by atoms with Crippen molar-refractivity contribution in [2.45, 2.75) is 45.3 Å². The number of benzene rings is 1. The first kappa shape index (κ1) is 17.5. The van der Waals surface area contributed by atoms with Crippen molar-refractivity contribution >= 4 is 17.1 Å². The van der Waals surface area contributed by atoms with Crippen LogP contribution in [0.25, 0.3) is 22.2 Å². The zero-order valence-electron chi connectivity index (χ0n) is 15.8. The first-order chi connectivity index (χ1) is 12.9. The van der Waals surface area contributed by atoms with E-state index in [0.29, 0.717) is 5.92 Å². The van der Waals surface area contributed by atoms with Crippen molar-refractivity contribution in [3.63, 3.8) is 0 Å². The van der Waals surface area contributed by atoms with Crippen LogP contribution < -0.4 is 5.32 Å². The van der Waals surface area contributed by atoms with Gasteiger partial charge in [-0.3, -0.25) is 4.98 Å². The van der Waals surface area contributed by atoms with Gasteiger partial charge < -0.3 is 15.0 Å². The molecule has 0 saturated heterocycles. The number of imidazole rings is 1. The molecule has 1 atom stereocenters. The van der Waals surface area contributed by atoms with Crippen LogP contribution in [0, 0.1) is 5.92 Å². The predicted octanol–water partition coefficient (Wildman–Crippen LogP) is 4.60. The number of pyridine rings is 1. The minimum atomic E-state index is -0.522. The number of hydrogen-bond donors (Lipinski definition) is 2. The van der Waals surface area contributed by atoms with E-state index in [1.807, 2.05) is 39.0 Å². The lowest BCUT2D eigenvalue weighted by Gasteiger charge is -2.22. The number of aromatic nitrogens is 3. The molecule has 0 spiro atoms. The number of alkyl carbamates (subject to hydrolysis) is 1. The second-order valence-electron chi connectivity index (χ2n) is 8.05. The zero-order chi connectivity index (χ0) is 19.0. The molecule has 4 rings (SSSR count). The molecule has 1 amide bonds. The summed E-state index contributed by atoms with van der Waals surface area (Å²) in [5, 5.41) is 3.00. The van der Waals surface area contributed by atoms with E-state index in [1.54, 1.807) is 12.4 Å². The third-order valence-electron chi connectivity index (χ3n) is 4.57. The molecular weight excluding hydrogens is 340 g/mol. The highest BCUT2D eigenvalue weighted by molar-refractivity contribution is 5.82. The normalized spacial score (nSPS) is 15.5. The Morgan fingerprint density at radius 1 is 1.19 bits per heavy atom. The Bertz CT molecular complexity index is 955. The molecule has 1 aliphatic rings. The molecule has 6 nitrogen and oxygen atoms in total. The summed E-state index contributed by atoms with van der Waals surface area (Å²) in [4.78, 5) is 24.4. The average molecular weight is 364 g/mol. The van der Waals surface area contributed by atoms with Gasteiger partial charge in [0.05, 0.1) is 17.1 Å². The topological polar surface area (TPSA) is 79.9 Å². The van der Waals surface area contributed by atoms with E-state index in [0.717, 1.165) is 40.8 Å². The highest BCUT2D eigenvalue weighted by Gasteiger charge is 2.36. The monoisotopic (exact) mass is 364 g/mol. The maximum absolute atomic E-state index is 12.2. The van der Waals surface area contributed by atoms with Gasteiger partial charge in [0.1, 0.15) is 11.4 Å². The van der Waals surface area contributed by atoms with Crippen LogP contribution in [0.1, 0.15) is 45.5 Å². The molecule has 6 heteroatoms. The molecule has 1 unspecified atom stereocenters. The lowest BCUT2D eigenvalue weighted by atomic mass is 10.1. The van der Waals surface area contributed by atoms with Crippen LogP contribution in [0.3, 0.4) is 0 Å². The number of amides is 1. The van der Waals surface area contributed by atoms with E-state index >= 15 is 0 Å². The Labute approximate surface area is 158 Å². The van der Waals surface area contributed by atoms with Crippen LogP contribution in [0.15, 0.2) is 42.7 Å². The number of fused-ring (bicyclic) bond motifs is 1. The quantitative estimate of drug-likeness (QED) is 0.709. The van der Waals surface area contributed by atoms with Crippen molar-refractivity contribution in [2.24, 2.45) is 5.92 Å². The third-order valence-corrected chi connectivity index (χ3v) is 4.57. The van der Waals surface area contributed by atoms with Crippen molar-refractivity contribution in [2.75, 3.05) is 0 Å². The summed E-state index contributed by atoms with van der Waals surface area (Å²) in [5.74, 6) is 1.18. The van der Waals surface area contributed by atoms with Gasteiger partial charge in [-0.2, -0.15) is 0 Å². The largest absolute Gasteiger partial charge is 0.444 e. The van der Waals surface area contributed by atoms with E-state index in [4.69, 9.17) is 9.72 Å². The van der Waals surface area contributed by atoms with Gasteiger partial charge in [-0.25, -0.2) is 9.78 Å². The maximum Gasteiger partial charge on any atom is 0.408 e. The van der Waals surface area contributed by atoms with Gasteiger partial charge in [-0.05, 0) is 74.9 Å². The van der Waals surface area contributed by atoms with Crippen molar-refractivity contribution in [1.29, 1.82) is 0 Å². The molecule has 140 valence electrons. The van der Waals surface area contributed by atoms with Crippen molar-refractivity contribution in [1.82, 2.24) is 20.3 Å². The Morgan fingerprint density at radius 3 is 2.59 bits per heavy atom. The number of hydrogen-bond acceptors (Lipinski definition) is 4. The standard InChI is InChI=1S/C21H24N4O2/c1-21(2,3)27-20(26)25-18(14-4-5-14)19-23-16-7-6-15(12-17(16)24-19)13-8-10-22-11-9-13/h6-12,14,18H,4-5H2,1-3H3,(H,23,24)(H,25,26). The molecule has 1 fully saturated rings. The minimum Gasteiger partial charge on any atom is -0.444 e. The minimum absolute atomic E-state index is 0.156. The van der Waals surface area contributed by atoms with Crippen molar-refractivity contribution in [3.8, 4) is 11.1 Å². The Hall–Kier alpha value is -2.89. The Kier molecular flexibility index (Phi) is 4.34. The van der Waals surface area contributed by atoms with Gasteiger partial charge in [0.25, 0.3) is 0 Å². The van der Waals surface area contributed by atoms with Gasteiger partial charge >= 0.3 is 6.09 Å². The van der Waals surface area contributed by atoms with Crippen LogP contribution in [0.5, 0.6) is 0 Å². The number of nitrogens with zero attached hydrogens (tertiary/aromatic N) is 2. The fourth-order valence-corrected chi connectivity index (χ4v) is 3.17. The molecule has 0 bridgehead atoms.